The monoisotopic (exact) mass is 407 g/mol. The molecule has 2 aromatic rings. The summed E-state index contributed by atoms with van der Waals surface area (Å²) in [6, 6.07) is 11.3. The number of imide groups is 1. The first-order valence-electron chi connectivity index (χ1n) is 10.0. The van der Waals surface area contributed by atoms with Gasteiger partial charge in [-0.2, -0.15) is 0 Å². The molecular formula is C24H25NO5. The van der Waals surface area contributed by atoms with Crippen LogP contribution in [-0.4, -0.2) is 41.1 Å². The molecule has 0 saturated carbocycles. The summed E-state index contributed by atoms with van der Waals surface area (Å²) in [4.78, 5) is 51.4. The molecule has 0 saturated heterocycles. The van der Waals surface area contributed by atoms with E-state index in [1.807, 2.05) is 32.9 Å². The number of hydrogen-bond donors (Lipinski definition) is 0. The van der Waals surface area contributed by atoms with E-state index in [1.54, 1.807) is 12.1 Å². The number of carbonyl (C=O) groups excluding carboxylic acids is 4. The lowest BCUT2D eigenvalue weighted by Gasteiger charge is -2.14. The molecule has 1 aliphatic rings. The first-order valence-corrected chi connectivity index (χ1v) is 10.0. The molecule has 156 valence electrons. The number of nitrogens with zero attached hydrogens (tertiary/aromatic N) is 1. The van der Waals surface area contributed by atoms with Crippen LogP contribution in [0.15, 0.2) is 42.5 Å². The Hall–Kier alpha value is -3.28. The van der Waals surface area contributed by atoms with Crippen molar-refractivity contribution >= 4 is 23.6 Å². The normalized spacial score (nSPS) is 14.1. The van der Waals surface area contributed by atoms with Gasteiger partial charge in [0, 0.05) is 12.1 Å². The van der Waals surface area contributed by atoms with Crippen LogP contribution in [0.1, 0.15) is 74.2 Å². The summed E-state index contributed by atoms with van der Waals surface area (Å²) in [6.07, 6.45) is -0.271. The average molecular weight is 407 g/mol. The van der Waals surface area contributed by atoms with E-state index in [9.17, 15) is 19.2 Å². The Balaban J connectivity index is 1.73. The molecule has 6 nitrogen and oxygen atoms in total. The fraction of sp³-hybridized carbons (Fsp3) is 0.333. The van der Waals surface area contributed by atoms with Crippen molar-refractivity contribution in [1.82, 2.24) is 4.90 Å². The molecule has 0 bridgehead atoms. The third kappa shape index (κ3) is 4.32. The lowest BCUT2D eigenvalue weighted by molar-refractivity contribution is 0.0318. The zero-order chi connectivity index (χ0) is 22.0. The highest BCUT2D eigenvalue weighted by molar-refractivity contribution is 6.22. The van der Waals surface area contributed by atoms with E-state index in [0.717, 1.165) is 5.56 Å². The molecule has 2 amide bonds. The summed E-state index contributed by atoms with van der Waals surface area (Å²) in [5.41, 5.74) is 2.08. The number of esters is 1. The van der Waals surface area contributed by atoms with Gasteiger partial charge in [-0.1, -0.05) is 43.7 Å². The van der Waals surface area contributed by atoms with Crippen LogP contribution in [0.4, 0.5) is 0 Å². The second-order valence-corrected chi connectivity index (χ2v) is 7.98. The number of ketones is 1. The Bertz CT molecular complexity index is 1010. The number of amides is 2. The summed E-state index contributed by atoms with van der Waals surface area (Å²) in [7, 11) is 0. The van der Waals surface area contributed by atoms with Crippen molar-refractivity contribution in [2.75, 3.05) is 6.54 Å². The van der Waals surface area contributed by atoms with Crippen molar-refractivity contribution in [2.24, 2.45) is 5.92 Å². The number of rotatable bonds is 7. The van der Waals surface area contributed by atoms with Gasteiger partial charge >= 0.3 is 5.97 Å². The molecule has 0 radical (unpaired) electrons. The van der Waals surface area contributed by atoms with Crippen molar-refractivity contribution < 1.29 is 23.9 Å². The van der Waals surface area contributed by atoms with Gasteiger partial charge < -0.3 is 4.74 Å². The van der Waals surface area contributed by atoms with E-state index in [0.29, 0.717) is 24.4 Å². The molecule has 1 atom stereocenters. The van der Waals surface area contributed by atoms with Gasteiger partial charge in [-0.05, 0) is 44.4 Å². The van der Waals surface area contributed by atoms with Gasteiger partial charge in [0.05, 0.1) is 16.7 Å². The molecule has 2 aromatic carbocycles. The number of Topliss-reactive ketones (excluding diaryl/α,β-unsaturated/α-hetero) is 1. The third-order valence-electron chi connectivity index (χ3n) is 5.13. The van der Waals surface area contributed by atoms with Crippen LogP contribution in [-0.2, 0) is 4.74 Å². The molecule has 3 rings (SSSR count). The SMILES string of the molecule is Cc1ccc(C(=O)[C@H](C)OC(=O)c2ccc3c(c2)C(=O)N(CCC(C)C)C3=O)cc1. The largest absolute Gasteiger partial charge is 0.451 e. The third-order valence-corrected chi connectivity index (χ3v) is 5.13. The van der Waals surface area contributed by atoms with Gasteiger partial charge in [-0.15, -0.1) is 0 Å². The lowest BCUT2D eigenvalue weighted by Crippen LogP contribution is -2.31. The molecular weight excluding hydrogens is 382 g/mol. The van der Waals surface area contributed by atoms with Gasteiger partial charge in [0.1, 0.15) is 0 Å². The van der Waals surface area contributed by atoms with Crippen LogP contribution >= 0.6 is 0 Å². The average Bonchev–Trinajstić information content (AvgIpc) is 2.95. The van der Waals surface area contributed by atoms with E-state index in [1.165, 1.54) is 30.0 Å². The topological polar surface area (TPSA) is 80.8 Å². The Morgan fingerprint density at radius 2 is 1.50 bits per heavy atom. The van der Waals surface area contributed by atoms with Crippen LogP contribution < -0.4 is 0 Å². The van der Waals surface area contributed by atoms with Crippen LogP contribution in [0.25, 0.3) is 0 Å². The van der Waals surface area contributed by atoms with Crippen LogP contribution in [0, 0.1) is 12.8 Å². The van der Waals surface area contributed by atoms with Crippen molar-refractivity contribution in [1.29, 1.82) is 0 Å². The minimum atomic E-state index is -0.978. The Labute approximate surface area is 175 Å². The van der Waals surface area contributed by atoms with Gasteiger partial charge in [0.2, 0.25) is 5.78 Å². The van der Waals surface area contributed by atoms with Crippen molar-refractivity contribution in [3.63, 3.8) is 0 Å². The van der Waals surface area contributed by atoms with Crippen molar-refractivity contribution in [3.05, 3.63) is 70.3 Å². The summed E-state index contributed by atoms with van der Waals surface area (Å²) in [5, 5.41) is 0. The molecule has 0 unspecified atom stereocenters. The van der Waals surface area contributed by atoms with Gasteiger partial charge in [0.25, 0.3) is 11.8 Å². The molecule has 1 aliphatic heterocycles. The zero-order valence-corrected chi connectivity index (χ0v) is 17.6. The fourth-order valence-corrected chi connectivity index (χ4v) is 3.24. The summed E-state index contributed by atoms with van der Waals surface area (Å²) < 4.78 is 5.31. The highest BCUT2D eigenvalue weighted by Crippen LogP contribution is 2.25. The molecule has 0 fully saturated rings. The van der Waals surface area contributed by atoms with Crippen molar-refractivity contribution in [3.8, 4) is 0 Å². The Kier molecular flexibility index (Phi) is 6.15. The highest BCUT2D eigenvalue weighted by Gasteiger charge is 2.36. The standard InChI is InChI=1S/C24H25NO5/c1-14(2)11-12-25-22(27)19-10-9-18(13-20(19)23(25)28)24(29)30-16(4)21(26)17-7-5-15(3)6-8-17/h5-10,13-14,16H,11-12H2,1-4H3/t16-/m0/s1. The predicted molar refractivity (Wildman–Crippen MR) is 112 cm³/mol. The first-order chi connectivity index (χ1) is 14.2. The maximum absolute atomic E-state index is 12.6. The summed E-state index contributed by atoms with van der Waals surface area (Å²) in [6.45, 7) is 7.81. The van der Waals surface area contributed by atoms with E-state index in [-0.39, 0.29) is 28.4 Å². The summed E-state index contributed by atoms with van der Waals surface area (Å²) in [5.74, 6) is -1.43. The minimum absolute atomic E-state index is 0.129. The molecule has 6 heteroatoms. The van der Waals surface area contributed by atoms with Crippen molar-refractivity contribution in [2.45, 2.75) is 40.2 Å². The smallest absolute Gasteiger partial charge is 0.338 e. The number of benzene rings is 2. The van der Waals surface area contributed by atoms with Crippen LogP contribution in [0.2, 0.25) is 0 Å². The van der Waals surface area contributed by atoms with Crippen LogP contribution in [0.3, 0.4) is 0 Å². The maximum atomic E-state index is 12.6. The zero-order valence-electron chi connectivity index (χ0n) is 17.6. The lowest BCUT2D eigenvalue weighted by atomic mass is 10.0. The number of carbonyl (C=O) groups is 4. The molecule has 0 spiro atoms. The van der Waals surface area contributed by atoms with Gasteiger partial charge in [-0.3, -0.25) is 19.3 Å². The molecule has 0 aliphatic carbocycles. The maximum Gasteiger partial charge on any atom is 0.338 e. The highest BCUT2D eigenvalue weighted by atomic mass is 16.5. The predicted octanol–water partition coefficient (Wildman–Crippen LogP) is 4.07. The van der Waals surface area contributed by atoms with E-state index >= 15 is 0 Å². The molecule has 30 heavy (non-hydrogen) atoms. The number of aryl methyl sites for hydroxylation is 1. The van der Waals surface area contributed by atoms with Gasteiger partial charge in [0.15, 0.2) is 6.10 Å². The Morgan fingerprint density at radius 3 is 2.13 bits per heavy atom. The first kappa shape index (κ1) is 21.4. The molecule has 1 heterocycles. The number of ether oxygens (including phenoxy) is 1. The molecule has 0 aromatic heterocycles. The fourth-order valence-electron chi connectivity index (χ4n) is 3.24. The number of hydrogen-bond acceptors (Lipinski definition) is 5. The number of fused-ring (bicyclic) bond motifs is 1. The quantitative estimate of drug-likeness (QED) is 0.393. The Morgan fingerprint density at radius 1 is 0.900 bits per heavy atom. The molecule has 0 N–H and O–H groups in total. The second-order valence-electron chi connectivity index (χ2n) is 7.98. The summed E-state index contributed by atoms with van der Waals surface area (Å²) >= 11 is 0. The van der Waals surface area contributed by atoms with E-state index in [4.69, 9.17) is 4.74 Å². The van der Waals surface area contributed by atoms with Gasteiger partial charge in [-0.25, -0.2) is 4.79 Å². The second kappa shape index (κ2) is 8.61. The van der Waals surface area contributed by atoms with Crippen LogP contribution in [0.5, 0.6) is 0 Å². The van der Waals surface area contributed by atoms with E-state index < -0.39 is 18.0 Å². The van der Waals surface area contributed by atoms with E-state index in [2.05, 4.69) is 0 Å². The minimum Gasteiger partial charge on any atom is -0.451 e.